The summed E-state index contributed by atoms with van der Waals surface area (Å²) in [7, 11) is -2.61. The number of alkyl halides is 6. The first-order valence-electron chi connectivity index (χ1n) is 8.28. The molecule has 0 saturated heterocycles. The van der Waals surface area contributed by atoms with E-state index in [2.05, 4.69) is 5.16 Å². The second-order valence-electron chi connectivity index (χ2n) is 5.79. The highest BCUT2D eigenvalue weighted by Gasteiger charge is 2.34. The molecule has 0 atom stereocenters. The van der Waals surface area contributed by atoms with Crippen LogP contribution in [-0.4, -0.2) is 14.1 Å². The summed E-state index contributed by atoms with van der Waals surface area (Å²) in [5.41, 5.74) is -1.84. The molecule has 0 saturated carbocycles. The number of oxime groups is 1. The van der Waals surface area contributed by atoms with Gasteiger partial charge in [0.1, 0.15) is 6.61 Å². The first-order chi connectivity index (χ1) is 14.3. The van der Waals surface area contributed by atoms with Gasteiger partial charge in [-0.2, -0.15) is 39.5 Å². The van der Waals surface area contributed by atoms with Crippen molar-refractivity contribution in [3.05, 3.63) is 69.7 Å². The third-order valence-corrected chi connectivity index (χ3v) is 3.83. The maximum Gasteiger partial charge on any atom is 0.417 e. The van der Waals surface area contributed by atoms with E-state index in [1.807, 2.05) is 0 Å². The van der Waals surface area contributed by atoms with Gasteiger partial charge in [0, 0.05) is 10.6 Å². The Morgan fingerprint density at radius 2 is 1.68 bits per heavy atom. The molecule has 0 radical (unpaired) electrons. The summed E-state index contributed by atoms with van der Waals surface area (Å²) in [5.74, 6) is 0. The number of nitrogens with zero attached hydrogens (tertiary/aromatic N) is 1. The van der Waals surface area contributed by atoms with Gasteiger partial charge in [-0.15, -0.1) is 0 Å². The van der Waals surface area contributed by atoms with Crippen molar-refractivity contribution in [3.8, 4) is 0 Å². The molecule has 0 aromatic heterocycles. The number of nitrogens with one attached hydrogen (secondary N) is 1. The zero-order chi connectivity index (χ0) is 23.8. The highest BCUT2D eigenvalue weighted by Crippen LogP contribution is 2.34. The Balaban J connectivity index is 0.00000110. The molecule has 31 heavy (non-hydrogen) atoms. The molecule has 0 fully saturated rings. The summed E-state index contributed by atoms with van der Waals surface area (Å²) in [6.07, 6.45) is -9.01. The van der Waals surface area contributed by atoms with Crippen molar-refractivity contribution < 1.29 is 39.6 Å². The number of benzene rings is 2. The Morgan fingerprint density at radius 1 is 1.06 bits per heavy atom. The van der Waals surface area contributed by atoms with Crippen LogP contribution in [0.5, 0.6) is 0 Å². The predicted molar refractivity (Wildman–Crippen MR) is 101 cm³/mol. The van der Waals surface area contributed by atoms with Crippen molar-refractivity contribution in [2.45, 2.75) is 32.3 Å². The fourth-order valence-electron chi connectivity index (χ4n) is 2.33. The SMILES string of the molecule is CC/C(=N\OCc1cccc(C(F)(F)F)c1)c1cc(Cl)ccc1C(F)(F)F.N=S(=O)=O. The summed E-state index contributed by atoms with van der Waals surface area (Å²) < 4.78 is 100. The molecular formula is C18H15ClF6N2O3S. The van der Waals surface area contributed by atoms with E-state index in [0.717, 1.165) is 30.3 Å². The normalized spacial score (nSPS) is 12.1. The Bertz CT molecular complexity index is 1030. The van der Waals surface area contributed by atoms with Crippen LogP contribution in [-0.2, 0) is 34.3 Å². The highest BCUT2D eigenvalue weighted by atomic mass is 35.5. The summed E-state index contributed by atoms with van der Waals surface area (Å²) >= 11 is 5.79. The molecule has 0 spiro atoms. The average Bonchev–Trinajstić information content (AvgIpc) is 2.63. The van der Waals surface area contributed by atoms with Crippen molar-refractivity contribution >= 4 is 27.8 Å². The number of rotatable bonds is 5. The van der Waals surface area contributed by atoms with E-state index in [1.54, 1.807) is 6.92 Å². The van der Waals surface area contributed by atoms with Crippen molar-refractivity contribution in [1.29, 1.82) is 4.78 Å². The third-order valence-electron chi connectivity index (χ3n) is 3.59. The number of halogens is 7. The van der Waals surface area contributed by atoms with Crippen LogP contribution in [0.15, 0.2) is 47.6 Å². The number of hydrogen-bond acceptors (Lipinski definition) is 5. The summed E-state index contributed by atoms with van der Waals surface area (Å²) in [4.78, 5) is 5.01. The molecular weight excluding hydrogens is 474 g/mol. The van der Waals surface area contributed by atoms with Gasteiger partial charge in [0.25, 0.3) is 0 Å². The number of hydrogen-bond donors (Lipinski definition) is 1. The first kappa shape index (κ1) is 26.4. The fourth-order valence-corrected chi connectivity index (χ4v) is 2.50. The Hall–Kier alpha value is -2.60. The molecule has 2 aromatic rings. The van der Waals surface area contributed by atoms with Gasteiger partial charge in [-0.3, -0.25) is 0 Å². The first-order valence-corrected chi connectivity index (χ1v) is 9.73. The molecule has 0 aliphatic rings. The van der Waals surface area contributed by atoms with E-state index in [1.165, 1.54) is 12.1 Å². The summed E-state index contributed by atoms with van der Waals surface area (Å²) in [6.45, 7) is 1.25. The van der Waals surface area contributed by atoms with Crippen LogP contribution in [0.25, 0.3) is 0 Å². The van der Waals surface area contributed by atoms with Gasteiger partial charge in [0.2, 0.25) is 0 Å². The maximum absolute atomic E-state index is 13.2. The van der Waals surface area contributed by atoms with Gasteiger partial charge in [-0.05, 0) is 42.3 Å². The van der Waals surface area contributed by atoms with Crippen LogP contribution in [0.1, 0.15) is 35.6 Å². The van der Waals surface area contributed by atoms with Gasteiger partial charge in [0.05, 0.1) is 16.8 Å². The molecule has 5 nitrogen and oxygen atoms in total. The van der Waals surface area contributed by atoms with E-state index in [0.29, 0.717) is 0 Å². The van der Waals surface area contributed by atoms with E-state index < -0.39 is 34.0 Å². The van der Waals surface area contributed by atoms with Gasteiger partial charge in [0.15, 0.2) is 0 Å². The molecule has 0 bridgehead atoms. The smallest absolute Gasteiger partial charge is 0.391 e. The molecule has 1 N–H and O–H groups in total. The van der Waals surface area contributed by atoms with Gasteiger partial charge >= 0.3 is 22.9 Å². The van der Waals surface area contributed by atoms with Crippen LogP contribution in [0.2, 0.25) is 5.02 Å². The molecule has 0 aliphatic heterocycles. The average molecular weight is 489 g/mol. The fraction of sp³-hybridized carbons (Fsp3) is 0.278. The Morgan fingerprint density at radius 3 is 2.19 bits per heavy atom. The van der Waals surface area contributed by atoms with Crippen molar-refractivity contribution in [1.82, 2.24) is 0 Å². The van der Waals surface area contributed by atoms with E-state index >= 15 is 0 Å². The highest BCUT2D eigenvalue weighted by molar-refractivity contribution is 7.60. The molecule has 170 valence electrons. The second kappa shape index (κ2) is 11.1. The van der Waals surface area contributed by atoms with E-state index in [9.17, 15) is 26.3 Å². The summed E-state index contributed by atoms with van der Waals surface area (Å²) in [5, 5.41) is 3.79. The molecule has 13 heteroatoms. The standard InChI is InChI=1S/C18H14ClF6NO.HNO2S/c1-2-16(14-9-13(19)6-7-15(14)18(23,24)25)26-27-10-11-4-3-5-12(8-11)17(20,21)22;1-4(2)3/h3-9H,2,10H2,1H3;1H/b26-16+;. The second-order valence-corrected chi connectivity index (χ2v) is 6.69. The predicted octanol–water partition coefficient (Wildman–Crippen LogP) is 6.34. The molecule has 0 heterocycles. The zero-order valence-electron chi connectivity index (χ0n) is 15.7. The van der Waals surface area contributed by atoms with Crippen LogP contribution in [0.3, 0.4) is 0 Å². The van der Waals surface area contributed by atoms with Crippen molar-refractivity contribution in [2.24, 2.45) is 5.16 Å². The molecule has 0 amide bonds. The quantitative estimate of drug-likeness (QED) is 0.303. The third kappa shape index (κ3) is 8.97. The zero-order valence-corrected chi connectivity index (χ0v) is 17.3. The molecule has 2 aromatic carbocycles. The Labute approximate surface area is 179 Å². The van der Waals surface area contributed by atoms with Gasteiger partial charge < -0.3 is 4.84 Å². The Kier molecular flexibility index (Phi) is 9.50. The van der Waals surface area contributed by atoms with Crippen LogP contribution in [0, 0.1) is 4.78 Å². The van der Waals surface area contributed by atoms with Crippen molar-refractivity contribution in [3.63, 3.8) is 0 Å². The van der Waals surface area contributed by atoms with Crippen LogP contribution < -0.4 is 0 Å². The topological polar surface area (TPSA) is 79.6 Å². The lowest BCUT2D eigenvalue weighted by atomic mass is 10.0. The maximum atomic E-state index is 13.2. The lowest BCUT2D eigenvalue weighted by Gasteiger charge is -2.14. The largest absolute Gasteiger partial charge is 0.417 e. The molecule has 2 rings (SSSR count). The lowest BCUT2D eigenvalue weighted by molar-refractivity contribution is -0.138. The van der Waals surface area contributed by atoms with E-state index in [4.69, 9.17) is 29.6 Å². The monoisotopic (exact) mass is 488 g/mol. The van der Waals surface area contributed by atoms with Gasteiger partial charge in [-0.1, -0.05) is 35.8 Å². The van der Waals surface area contributed by atoms with Gasteiger partial charge in [-0.25, -0.2) is 0 Å². The van der Waals surface area contributed by atoms with Crippen LogP contribution in [0.4, 0.5) is 26.3 Å². The minimum atomic E-state index is -4.61. The molecule has 0 aliphatic carbocycles. The van der Waals surface area contributed by atoms with Crippen molar-refractivity contribution in [2.75, 3.05) is 0 Å². The summed E-state index contributed by atoms with van der Waals surface area (Å²) in [6, 6.07) is 7.50. The van der Waals surface area contributed by atoms with E-state index in [-0.39, 0.29) is 34.9 Å². The lowest BCUT2D eigenvalue weighted by Crippen LogP contribution is -2.13. The minimum absolute atomic E-state index is 0.0169. The molecule has 0 unspecified atom stereocenters. The van der Waals surface area contributed by atoms with Crippen LogP contribution >= 0.6 is 11.6 Å². The minimum Gasteiger partial charge on any atom is -0.391 e.